The van der Waals surface area contributed by atoms with Gasteiger partial charge < -0.3 is 15.6 Å². The maximum Gasteiger partial charge on any atom is 0.0756 e. The molecule has 0 aliphatic carbocycles. The predicted octanol–water partition coefficient (Wildman–Crippen LogP) is 0.974. The number of ether oxygens (including phenoxy) is 1. The van der Waals surface area contributed by atoms with Gasteiger partial charge in [0.05, 0.1) is 11.7 Å². The zero-order valence-corrected chi connectivity index (χ0v) is 11.6. The third-order valence-electron chi connectivity index (χ3n) is 3.95. The van der Waals surface area contributed by atoms with Crippen LogP contribution in [0.15, 0.2) is 0 Å². The fourth-order valence-corrected chi connectivity index (χ4v) is 2.85. The molecule has 0 aromatic carbocycles. The quantitative estimate of drug-likeness (QED) is 0.757. The molecule has 1 heterocycles. The minimum absolute atomic E-state index is 0.320. The molecule has 1 aliphatic rings. The Bertz CT molecular complexity index is 233. The summed E-state index contributed by atoms with van der Waals surface area (Å²) < 4.78 is 5.42. The van der Waals surface area contributed by atoms with Crippen molar-refractivity contribution in [1.82, 2.24) is 4.90 Å². The van der Waals surface area contributed by atoms with Crippen molar-refractivity contribution >= 4 is 0 Å². The van der Waals surface area contributed by atoms with Crippen LogP contribution in [0.2, 0.25) is 0 Å². The summed E-state index contributed by atoms with van der Waals surface area (Å²) in [4.78, 5) is 2.46. The van der Waals surface area contributed by atoms with Crippen LogP contribution in [0.25, 0.3) is 0 Å². The number of nitrogens with zero attached hydrogens (tertiary/aromatic N) is 1. The predicted molar refractivity (Wildman–Crippen MR) is 70.0 cm³/mol. The van der Waals surface area contributed by atoms with Crippen molar-refractivity contribution in [1.29, 1.82) is 0 Å². The molecule has 4 atom stereocenters. The Hall–Kier alpha value is -0.160. The largest absolute Gasteiger partial charge is 0.389 e. The van der Waals surface area contributed by atoms with Crippen LogP contribution in [-0.2, 0) is 4.74 Å². The second kappa shape index (κ2) is 6.14. The van der Waals surface area contributed by atoms with Crippen molar-refractivity contribution < 1.29 is 9.84 Å². The summed E-state index contributed by atoms with van der Waals surface area (Å²) >= 11 is 0. The molecule has 1 fully saturated rings. The van der Waals surface area contributed by atoms with Gasteiger partial charge in [-0.05, 0) is 40.0 Å². The Kier molecular flexibility index (Phi) is 5.38. The zero-order chi connectivity index (χ0) is 13.1. The Balaban J connectivity index is 2.50. The van der Waals surface area contributed by atoms with E-state index >= 15 is 0 Å². The number of aliphatic hydroxyl groups is 1. The number of methoxy groups -OCH3 is 1. The SMILES string of the molecule is COC1CCN(C(C)CC(C)(O)CN)C(C)C1. The number of nitrogens with two attached hydrogens (primary N) is 1. The summed E-state index contributed by atoms with van der Waals surface area (Å²) in [6.45, 7) is 7.59. The van der Waals surface area contributed by atoms with Crippen LogP contribution in [0.1, 0.15) is 40.0 Å². The average molecular weight is 244 g/mol. The Labute approximate surface area is 105 Å². The maximum absolute atomic E-state index is 10.0. The van der Waals surface area contributed by atoms with Crippen LogP contribution in [-0.4, -0.2) is 54.0 Å². The normalized spacial score (nSPS) is 32.1. The van der Waals surface area contributed by atoms with Gasteiger partial charge in [-0.3, -0.25) is 4.90 Å². The summed E-state index contributed by atoms with van der Waals surface area (Å²) in [5.41, 5.74) is 4.82. The average Bonchev–Trinajstić information content (AvgIpc) is 2.28. The smallest absolute Gasteiger partial charge is 0.0756 e. The van der Waals surface area contributed by atoms with E-state index in [1.807, 2.05) is 6.92 Å². The van der Waals surface area contributed by atoms with Gasteiger partial charge in [0.15, 0.2) is 0 Å². The first-order chi connectivity index (χ1) is 7.89. The molecule has 1 rings (SSSR count). The minimum atomic E-state index is -0.753. The minimum Gasteiger partial charge on any atom is -0.389 e. The summed E-state index contributed by atoms with van der Waals surface area (Å²) in [6, 6.07) is 0.874. The van der Waals surface area contributed by atoms with Crippen LogP contribution >= 0.6 is 0 Å². The molecule has 4 unspecified atom stereocenters. The van der Waals surface area contributed by atoms with Crippen LogP contribution in [0, 0.1) is 0 Å². The lowest BCUT2D eigenvalue weighted by molar-refractivity contribution is -0.0228. The van der Waals surface area contributed by atoms with Gasteiger partial charge in [0.2, 0.25) is 0 Å². The second-order valence-electron chi connectivity index (χ2n) is 5.72. The molecule has 17 heavy (non-hydrogen) atoms. The number of likely N-dealkylation sites (tertiary alicyclic amines) is 1. The van der Waals surface area contributed by atoms with E-state index in [4.69, 9.17) is 10.5 Å². The van der Waals surface area contributed by atoms with Crippen molar-refractivity contribution in [3.8, 4) is 0 Å². The van der Waals surface area contributed by atoms with Gasteiger partial charge in [-0.2, -0.15) is 0 Å². The molecule has 1 aliphatic heterocycles. The van der Waals surface area contributed by atoms with Gasteiger partial charge in [0, 0.05) is 32.3 Å². The van der Waals surface area contributed by atoms with Crippen molar-refractivity contribution in [2.75, 3.05) is 20.2 Å². The van der Waals surface area contributed by atoms with E-state index in [1.165, 1.54) is 0 Å². The molecule has 0 aromatic heterocycles. The molecular weight excluding hydrogens is 216 g/mol. The monoisotopic (exact) mass is 244 g/mol. The van der Waals surface area contributed by atoms with Gasteiger partial charge >= 0.3 is 0 Å². The number of piperidine rings is 1. The number of hydrogen-bond acceptors (Lipinski definition) is 4. The maximum atomic E-state index is 10.0. The molecule has 0 spiro atoms. The summed E-state index contributed by atoms with van der Waals surface area (Å²) in [5, 5.41) is 10.0. The molecular formula is C13H28N2O2. The topological polar surface area (TPSA) is 58.7 Å². The van der Waals surface area contributed by atoms with Crippen LogP contribution in [0.3, 0.4) is 0 Å². The first-order valence-electron chi connectivity index (χ1n) is 6.60. The molecule has 0 aromatic rings. The lowest BCUT2D eigenvalue weighted by atomic mass is 9.93. The molecule has 0 saturated carbocycles. The number of rotatable bonds is 5. The molecule has 4 nitrogen and oxygen atoms in total. The van der Waals surface area contributed by atoms with Crippen LogP contribution < -0.4 is 5.73 Å². The molecule has 0 radical (unpaired) electrons. The Morgan fingerprint density at radius 3 is 2.71 bits per heavy atom. The van der Waals surface area contributed by atoms with Gasteiger partial charge in [-0.1, -0.05) is 0 Å². The van der Waals surface area contributed by atoms with Gasteiger partial charge in [-0.25, -0.2) is 0 Å². The molecule has 102 valence electrons. The van der Waals surface area contributed by atoms with Crippen molar-refractivity contribution in [3.63, 3.8) is 0 Å². The van der Waals surface area contributed by atoms with E-state index in [9.17, 15) is 5.11 Å². The van der Waals surface area contributed by atoms with E-state index in [2.05, 4.69) is 18.7 Å². The summed E-state index contributed by atoms with van der Waals surface area (Å²) in [6.07, 6.45) is 3.27. The van der Waals surface area contributed by atoms with Crippen molar-refractivity contribution in [2.24, 2.45) is 5.73 Å². The van der Waals surface area contributed by atoms with Gasteiger partial charge in [0.25, 0.3) is 0 Å². The van der Waals surface area contributed by atoms with E-state index in [-0.39, 0.29) is 0 Å². The first-order valence-corrected chi connectivity index (χ1v) is 6.60. The summed E-state index contributed by atoms with van der Waals surface area (Å²) in [5.74, 6) is 0. The van der Waals surface area contributed by atoms with Crippen molar-refractivity contribution in [3.05, 3.63) is 0 Å². The highest BCUT2D eigenvalue weighted by Crippen LogP contribution is 2.25. The molecule has 0 bridgehead atoms. The standard InChI is InChI=1S/C13H28N2O2/c1-10-7-12(17-4)5-6-15(10)11(2)8-13(3,16)9-14/h10-12,16H,5-9,14H2,1-4H3. The fraction of sp³-hybridized carbons (Fsp3) is 1.00. The highest BCUT2D eigenvalue weighted by atomic mass is 16.5. The molecule has 0 amide bonds. The third-order valence-corrected chi connectivity index (χ3v) is 3.95. The Morgan fingerprint density at radius 2 is 2.24 bits per heavy atom. The van der Waals surface area contributed by atoms with Crippen molar-refractivity contribution in [2.45, 2.75) is 63.8 Å². The highest BCUT2D eigenvalue weighted by Gasteiger charge is 2.31. The van der Waals surface area contributed by atoms with E-state index in [0.717, 1.165) is 25.8 Å². The third kappa shape index (κ3) is 4.21. The lowest BCUT2D eigenvalue weighted by Crippen LogP contribution is -2.50. The van der Waals surface area contributed by atoms with E-state index in [0.29, 0.717) is 24.7 Å². The lowest BCUT2D eigenvalue weighted by Gasteiger charge is -2.42. The first kappa shape index (κ1) is 14.9. The number of hydrogen-bond donors (Lipinski definition) is 2. The van der Waals surface area contributed by atoms with Crippen LogP contribution in [0.4, 0.5) is 0 Å². The van der Waals surface area contributed by atoms with Gasteiger partial charge in [-0.15, -0.1) is 0 Å². The fourth-order valence-electron chi connectivity index (χ4n) is 2.85. The van der Waals surface area contributed by atoms with Crippen LogP contribution in [0.5, 0.6) is 0 Å². The molecule has 3 N–H and O–H groups in total. The van der Waals surface area contributed by atoms with Gasteiger partial charge in [0.1, 0.15) is 0 Å². The molecule has 4 heteroatoms. The zero-order valence-electron chi connectivity index (χ0n) is 11.6. The second-order valence-corrected chi connectivity index (χ2v) is 5.72. The summed E-state index contributed by atoms with van der Waals surface area (Å²) in [7, 11) is 1.79. The van der Waals surface area contributed by atoms with E-state index in [1.54, 1.807) is 7.11 Å². The molecule has 1 saturated heterocycles. The van der Waals surface area contributed by atoms with E-state index < -0.39 is 5.60 Å². The highest BCUT2D eigenvalue weighted by molar-refractivity contribution is 4.87. The Morgan fingerprint density at radius 1 is 1.59 bits per heavy atom.